The highest BCUT2D eigenvalue weighted by Gasteiger charge is 2.20. The van der Waals surface area contributed by atoms with Gasteiger partial charge in [0.1, 0.15) is 0 Å². The van der Waals surface area contributed by atoms with E-state index in [-0.39, 0.29) is 35.3 Å². The van der Waals surface area contributed by atoms with E-state index in [1.165, 1.54) is 11.1 Å². The van der Waals surface area contributed by atoms with Crippen molar-refractivity contribution in [3.05, 3.63) is 70.8 Å². The van der Waals surface area contributed by atoms with Gasteiger partial charge in [0, 0.05) is 38.2 Å². The van der Waals surface area contributed by atoms with E-state index in [2.05, 4.69) is 62.6 Å². The monoisotopic (exact) mass is 522 g/mol. The molecule has 5 nitrogen and oxygen atoms in total. The van der Waals surface area contributed by atoms with Crippen molar-refractivity contribution in [2.75, 3.05) is 27.2 Å². The number of carbonyl (C=O) groups is 1. The van der Waals surface area contributed by atoms with Crippen molar-refractivity contribution in [2.24, 2.45) is 4.99 Å². The molecular formula is C24H35IN4O. The van der Waals surface area contributed by atoms with Crippen molar-refractivity contribution in [3.63, 3.8) is 0 Å². The first-order valence-electron chi connectivity index (χ1n) is 10.1. The molecule has 2 rings (SSSR count). The van der Waals surface area contributed by atoms with Crippen LogP contribution in [0.3, 0.4) is 0 Å². The minimum atomic E-state index is -0.0158. The Morgan fingerprint density at radius 3 is 2.13 bits per heavy atom. The largest absolute Gasteiger partial charge is 0.357 e. The topological polar surface area (TPSA) is 56.7 Å². The number of aliphatic imine (C=N–C) groups is 1. The summed E-state index contributed by atoms with van der Waals surface area (Å²) < 4.78 is 0. The predicted octanol–water partition coefficient (Wildman–Crippen LogP) is 4.35. The first-order valence-corrected chi connectivity index (χ1v) is 10.1. The molecule has 30 heavy (non-hydrogen) atoms. The Hall–Kier alpha value is -2.09. The zero-order chi connectivity index (χ0) is 21.4. The Morgan fingerprint density at radius 2 is 1.60 bits per heavy atom. The lowest BCUT2D eigenvalue weighted by molar-refractivity contribution is 0.0827. The molecular weight excluding hydrogens is 487 g/mol. The number of nitrogens with one attached hydrogen (secondary N) is 2. The number of carbonyl (C=O) groups excluding carboxylic acids is 1. The third kappa shape index (κ3) is 7.63. The smallest absolute Gasteiger partial charge is 0.253 e. The van der Waals surface area contributed by atoms with Crippen molar-refractivity contribution in [3.8, 4) is 0 Å². The molecule has 0 saturated carbocycles. The Labute approximate surface area is 198 Å². The molecule has 1 amide bonds. The average molecular weight is 522 g/mol. The second-order valence-corrected chi connectivity index (χ2v) is 8.20. The van der Waals surface area contributed by atoms with Gasteiger partial charge < -0.3 is 15.5 Å². The van der Waals surface area contributed by atoms with Crippen molar-refractivity contribution < 1.29 is 4.79 Å². The Morgan fingerprint density at radius 1 is 1.00 bits per heavy atom. The van der Waals surface area contributed by atoms with Crippen molar-refractivity contribution in [1.82, 2.24) is 15.5 Å². The van der Waals surface area contributed by atoms with E-state index in [9.17, 15) is 4.79 Å². The van der Waals surface area contributed by atoms with E-state index in [1.807, 2.05) is 24.3 Å². The molecule has 0 heterocycles. The van der Waals surface area contributed by atoms with Gasteiger partial charge in [0.05, 0.1) is 6.54 Å². The minimum absolute atomic E-state index is 0. The lowest BCUT2D eigenvalue weighted by atomic mass is 9.84. The first-order chi connectivity index (χ1) is 13.7. The molecule has 0 unspecified atom stereocenters. The van der Waals surface area contributed by atoms with Crippen LogP contribution >= 0.6 is 24.0 Å². The highest BCUT2D eigenvalue weighted by molar-refractivity contribution is 14.0. The summed E-state index contributed by atoms with van der Waals surface area (Å²) in [6.45, 7) is 10.8. The summed E-state index contributed by atoms with van der Waals surface area (Å²) in [6.07, 6.45) is 0. The Bertz CT molecular complexity index is 827. The summed E-state index contributed by atoms with van der Waals surface area (Å²) in [5.41, 5.74) is 4.30. The quantitative estimate of drug-likeness (QED) is 0.323. The molecule has 0 aliphatic rings. The van der Waals surface area contributed by atoms with Crippen LogP contribution in [0.15, 0.2) is 53.5 Å². The number of hydrogen-bond acceptors (Lipinski definition) is 2. The van der Waals surface area contributed by atoms with Crippen LogP contribution in [0.1, 0.15) is 47.8 Å². The highest BCUT2D eigenvalue weighted by Crippen LogP contribution is 2.22. The zero-order valence-corrected chi connectivity index (χ0v) is 21.3. The Kier molecular flexibility index (Phi) is 10.3. The van der Waals surface area contributed by atoms with Crippen LogP contribution in [-0.4, -0.2) is 44.0 Å². The molecule has 164 valence electrons. The maximum absolute atomic E-state index is 12.0. The number of amides is 1. The van der Waals surface area contributed by atoms with Crippen LogP contribution < -0.4 is 10.6 Å². The molecule has 0 aliphatic heterocycles. The molecule has 0 atom stereocenters. The lowest BCUT2D eigenvalue weighted by Crippen LogP contribution is -2.43. The maximum atomic E-state index is 12.0. The maximum Gasteiger partial charge on any atom is 0.253 e. The van der Waals surface area contributed by atoms with Crippen LogP contribution in [0, 0.1) is 6.92 Å². The van der Waals surface area contributed by atoms with Gasteiger partial charge in [-0.2, -0.15) is 0 Å². The summed E-state index contributed by atoms with van der Waals surface area (Å²) >= 11 is 0. The molecule has 0 spiro atoms. The van der Waals surface area contributed by atoms with Gasteiger partial charge in [-0.05, 0) is 37.1 Å². The number of halogens is 1. The second kappa shape index (κ2) is 11.9. The molecule has 2 N–H and O–H groups in total. The van der Waals surface area contributed by atoms with Gasteiger partial charge in [0.25, 0.3) is 5.91 Å². The van der Waals surface area contributed by atoms with E-state index < -0.39 is 0 Å². The van der Waals surface area contributed by atoms with Crippen LogP contribution in [0.2, 0.25) is 0 Å². The van der Waals surface area contributed by atoms with Crippen molar-refractivity contribution in [2.45, 2.75) is 39.7 Å². The molecule has 0 saturated heterocycles. The summed E-state index contributed by atoms with van der Waals surface area (Å²) in [5.74, 6) is 0.800. The number of aryl methyl sites for hydroxylation is 1. The molecule has 2 aromatic rings. The fourth-order valence-corrected chi connectivity index (χ4v) is 2.93. The number of hydrogen-bond donors (Lipinski definition) is 2. The summed E-state index contributed by atoms with van der Waals surface area (Å²) in [7, 11) is 3.51. The Balaban J connectivity index is 0.00000450. The van der Waals surface area contributed by atoms with Gasteiger partial charge in [-0.25, -0.2) is 4.99 Å². The van der Waals surface area contributed by atoms with E-state index in [4.69, 9.17) is 4.99 Å². The van der Waals surface area contributed by atoms with Crippen LogP contribution in [0.4, 0.5) is 0 Å². The van der Waals surface area contributed by atoms with E-state index in [1.54, 1.807) is 19.0 Å². The van der Waals surface area contributed by atoms with E-state index in [0.717, 1.165) is 24.6 Å². The van der Waals surface area contributed by atoms with Crippen molar-refractivity contribution in [1.29, 1.82) is 0 Å². The number of benzene rings is 2. The molecule has 2 aromatic carbocycles. The lowest BCUT2D eigenvalue weighted by Gasteiger charge is -2.27. The van der Waals surface area contributed by atoms with Gasteiger partial charge in [-0.3, -0.25) is 4.79 Å². The average Bonchev–Trinajstić information content (AvgIpc) is 2.70. The normalized spacial score (nSPS) is 11.5. The van der Waals surface area contributed by atoms with Gasteiger partial charge in [-0.15, -0.1) is 24.0 Å². The van der Waals surface area contributed by atoms with Crippen LogP contribution in [-0.2, 0) is 12.0 Å². The van der Waals surface area contributed by atoms with E-state index in [0.29, 0.717) is 12.1 Å². The highest BCUT2D eigenvalue weighted by atomic mass is 127. The van der Waals surface area contributed by atoms with Crippen LogP contribution in [0.25, 0.3) is 0 Å². The third-order valence-electron chi connectivity index (χ3n) is 4.90. The van der Waals surface area contributed by atoms with Crippen molar-refractivity contribution >= 4 is 35.8 Å². The summed E-state index contributed by atoms with van der Waals surface area (Å²) in [5, 5.41) is 6.78. The van der Waals surface area contributed by atoms with Gasteiger partial charge in [0.15, 0.2) is 5.96 Å². The predicted molar refractivity (Wildman–Crippen MR) is 137 cm³/mol. The number of guanidine groups is 1. The fraction of sp³-hybridized carbons (Fsp3) is 0.417. The molecule has 0 aliphatic carbocycles. The minimum Gasteiger partial charge on any atom is -0.357 e. The second-order valence-electron chi connectivity index (χ2n) is 8.20. The molecule has 0 aromatic heterocycles. The number of nitrogens with zero attached hydrogens (tertiary/aromatic N) is 2. The number of rotatable bonds is 7. The molecule has 0 radical (unpaired) electrons. The zero-order valence-electron chi connectivity index (χ0n) is 19.0. The fourth-order valence-electron chi connectivity index (χ4n) is 2.93. The van der Waals surface area contributed by atoms with Gasteiger partial charge in [0.2, 0.25) is 0 Å². The summed E-state index contributed by atoms with van der Waals surface area (Å²) in [4.78, 5) is 18.3. The molecule has 0 bridgehead atoms. The first kappa shape index (κ1) is 25.9. The summed E-state index contributed by atoms with van der Waals surface area (Å²) in [6, 6.07) is 16.3. The SMILES string of the molecule is CCNC(=NCc1ccc(C(=O)N(C)C)cc1)NCC(C)(C)c1ccc(C)cc1.I. The molecule has 0 fully saturated rings. The van der Waals surface area contributed by atoms with Gasteiger partial charge >= 0.3 is 0 Å². The van der Waals surface area contributed by atoms with E-state index >= 15 is 0 Å². The standard InChI is InChI=1S/C24H34N4O.HI/c1-7-25-23(27-17-24(3,4)21-14-8-18(2)9-15-21)26-16-19-10-12-20(13-11-19)22(29)28(5)6;/h8-15H,7,16-17H2,1-6H3,(H2,25,26,27);1H. The molecule has 6 heteroatoms. The van der Waals surface area contributed by atoms with Crippen LogP contribution in [0.5, 0.6) is 0 Å². The third-order valence-corrected chi connectivity index (χ3v) is 4.90. The van der Waals surface area contributed by atoms with Gasteiger partial charge in [-0.1, -0.05) is 55.8 Å².